The van der Waals surface area contributed by atoms with Crippen LogP contribution >= 0.6 is 0 Å². The summed E-state index contributed by atoms with van der Waals surface area (Å²) in [4.78, 5) is 13.2. The molecule has 0 radical (unpaired) electrons. The van der Waals surface area contributed by atoms with E-state index in [2.05, 4.69) is 0 Å². The number of carbonyl (C=O) groups is 1. The topological polar surface area (TPSA) is 57.7 Å². The van der Waals surface area contributed by atoms with Gasteiger partial charge in [-0.15, -0.1) is 0 Å². The summed E-state index contributed by atoms with van der Waals surface area (Å²) in [6.07, 6.45) is 5.91. The second-order valence-corrected chi connectivity index (χ2v) is 7.86. The highest BCUT2D eigenvalue weighted by Crippen LogP contribution is 2.26. The molecule has 1 amide bonds. The second-order valence-electron chi connectivity index (χ2n) is 5.73. The Labute approximate surface area is 116 Å². The van der Waals surface area contributed by atoms with Gasteiger partial charge in [-0.2, -0.15) is 0 Å². The van der Waals surface area contributed by atoms with Crippen molar-refractivity contribution in [2.75, 3.05) is 32.4 Å². The fraction of sp³-hybridized carbons (Fsp3) is 0.923. The SMILES string of the molecule is CN(CCN1CCCC1=O)S(=O)(=O)CC1CCCC1. The van der Waals surface area contributed by atoms with Crippen molar-refractivity contribution >= 4 is 15.9 Å². The number of hydrogen-bond acceptors (Lipinski definition) is 3. The van der Waals surface area contributed by atoms with Gasteiger partial charge in [0.2, 0.25) is 15.9 Å². The number of carbonyl (C=O) groups excluding carboxylic acids is 1. The van der Waals surface area contributed by atoms with Gasteiger partial charge in [-0.3, -0.25) is 4.79 Å². The fourth-order valence-electron chi connectivity index (χ4n) is 2.94. The van der Waals surface area contributed by atoms with Crippen molar-refractivity contribution in [1.29, 1.82) is 0 Å². The van der Waals surface area contributed by atoms with Crippen molar-refractivity contribution in [2.24, 2.45) is 5.92 Å². The minimum Gasteiger partial charge on any atom is -0.341 e. The van der Waals surface area contributed by atoms with Gasteiger partial charge in [0.05, 0.1) is 5.75 Å². The molecule has 2 rings (SSSR count). The van der Waals surface area contributed by atoms with E-state index in [1.54, 1.807) is 11.9 Å². The number of rotatable bonds is 6. The lowest BCUT2D eigenvalue weighted by Gasteiger charge is -2.22. The maximum absolute atomic E-state index is 12.2. The van der Waals surface area contributed by atoms with E-state index in [1.807, 2.05) is 0 Å². The van der Waals surface area contributed by atoms with E-state index in [-0.39, 0.29) is 11.7 Å². The summed E-state index contributed by atoms with van der Waals surface area (Å²) in [6, 6.07) is 0. The summed E-state index contributed by atoms with van der Waals surface area (Å²) < 4.78 is 25.8. The van der Waals surface area contributed by atoms with Crippen LogP contribution in [0.25, 0.3) is 0 Å². The summed E-state index contributed by atoms with van der Waals surface area (Å²) in [5.74, 6) is 0.764. The lowest BCUT2D eigenvalue weighted by Crippen LogP contribution is -2.38. The van der Waals surface area contributed by atoms with Crippen LogP contribution in [0.5, 0.6) is 0 Å². The molecule has 1 heterocycles. The molecule has 0 atom stereocenters. The van der Waals surface area contributed by atoms with E-state index in [9.17, 15) is 13.2 Å². The van der Waals surface area contributed by atoms with Crippen molar-refractivity contribution in [3.8, 4) is 0 Å². The van der Waals surface area contributed by atoms with Gasteiger partial charge in [-0.1, -0.05) is 12.8 Å². The van der Waals surface area contributed by atoms with Gasteiger partial charge in [0.25, 0.3) is 0 Å². The highest BCUT2D eigenvalue weighted by molar-refractivity contribution is 7.89. The van der Waals surface area contributed by atoms with Gasteiger partial charge in [-0.05, 0) is 25.2 Å². The Morgan fingerprint density at radius 2 is 1.95 bits per heavy atom. The van der Waals surface area contributed by atoms with Crippen LogP contribution in [0.4, 0.5) is 0 Å². The van der Waals surface area contributed by atoms with Gasteiger partial charge in [0.1, 0.15) is 0 Å². The van der Waals surface area contributed by atoms with Crippen molar-refractivity contribution < 1.29 is 13.2 Å². The standard InChI is InChI=1S/C13H24N2O3S/c1-14(9-10-15-8-4-7-13(15)16)19(17,18)11-12-5-2-3-6-12/h12H,2-11H2,1H3. The Bertz CT molecular complexity index is 416. The zero-order valence-electron chi connectivity index (χ0n) is 11.7. The van der Waals surface area contributed by atoms with Crippen LogP contribution in [0.1, 0.15) is 38.5 Å². The molecule has 5 nitrogen and oxygen atoms in total. The van der Waals surface area contributed by atoms with Crippen molar-refractivity contribution in [1.82, 2.24) is 9.21 Å². The molecule has 1 saturated carbocycles. The molecule has 0 bridgehead atoms. The molecular formula is C13H24N2O3S. The van der Waals surface area contributed by atoms with Gasteiger partial charge in [0.15, 0.2) is 0 Å². The zero-order chi connectivity index (χ0) is 13.9. The Morgan fingerprint density at radius 3 is 2.53 bits per heavy atom. The number of hydrogen-bond donors (Lipinski definition) is 0. The number of likely N-dealkylation sites (tertiary alicyclic amines) is 1. The maximum Gasteiger partial charge on any atom is 0.222 e. The van der Waals surface area contributed by atoms with Crippen LogP contribution in [-0.2, 0) is 14.8 Å². The molecular weight excluding hydrogens is 264 g/mol. The van der Waals surface area contributed by atoms with Crippen molar-refractivity contribution in [3.63, 3.8) is 0 Å². The van der Waals surface area contributed by atoms with Crippen LogP contribution in [0.2, 0.25) is 0 Å². The highest BCUT2D eigenvalue weighted by Gasteiger charge is 2.27. The summed E-state index contributed by atoms with van der Waals surface area (Å²) in [5, 5.41) is 0. The normalized spacial score (nSPS) is 21.8. The molecule has 1 aliphatic heterocycles. The summed E-state index contributed by atoms with van der Waals surface area (Å²) in [5.41, 5.74) is 0. The quantitative estimate of drug-likeness (QED) is 0.734. The van der Waals surface area contributed by atoms with Crippen LogP contribution < -0.4 is 0 Å². The number of nitrogens with zero attached hydrogens (tertiary/aromatic N) is 2. The van der Waals surface area contributed by atoms with Crippen LogP contribution in [0, 0.1) is 5.92 Å². The molecule has 0 unspecified atom stereocenters. The second kappa shape index (κ2) is 6.22. The lowest BCUT2D eigenvalue weighted by molar-refractivity contribution is -0.127. The Balaban J connectivity index is 1.80. The molecule has 1 aliphatic carbocycles. The van der Waals surface area contributed by atoms with Crippen LogP contribution in [0.15, 0.2) is 0 Å². The van der Waals surface area contributed by atoms with Crippen molar-refractivity contribution in [2.45, 2.75) is 38.5 Å². The third-order valence-electron chi connectivity index (χ3n) is 4.25. The Morgan fingerprint density at radius 1 is 1.26 bits per heavy atom. The first-order chi connectivity index (χ1) is 8.99. The van der Waals surface area contributed by atoms with Gasteiger partial charge >= 0.3 is 0 Å². The van der Waals surface area contributed by atoms with E-state index >= 15 is 0 Å². The first-order valence-corrected chi connectivity index (χ1v) is 8.82. The van der Waals surface area contributed by atoms with Crippen LogP contribution in [0.3, 0.4) is 0 Å². The van der Waals surface area contributed by atoms with E-state index < -0.39 is 10.0 Å². The molecule has 6 heteroatoms. The molecule has 19 heavy (non-hydrogen) atoms. The predicted octanol–water partition coefficient (Wildman–Crippen LogP) is 1.06. The fourth-order valence-corrected chi connectivity index (χ4v) is 4.49. The molecule has 1 saturated heterocycles. The summed E-state index contributed by atoms with van der Waals surface area (Å²) >= 11 is 0. The average Bonchev–Trinajstić information content (AvgIpc) is 2.97. The molecule has 0 spiro atoms. The highest BCUT2D eigenvalue weighted by atomic mass is 32.2. The molecule has 0 aromatic carbocycles. The predicted molar refractivity (Wildman–Crippen MR) is 74.2 cm³/mol. The van der Waals surface area contributed by atoms with E-state index in [0.29, 0.717) is 25.4 Å². The van der Waals surface area contributed by atoms with E-state index in [4.69, 9.17) is 0 Å². The Hall–Kier alpha value is -0.620. The Kier molecular flexibility index (Phi) is 4.84. The van der Waals surface area contributed by atoms with E-state index in [1.165, 1.54) is 4.31 Å². The lowest BCUT2D eigenvalue weighted by atomic mass is 10.1. The smallest absolute Gasteiger partial charge is 0.222 e. The average molecular weight is 288 g/mol. The molecule has 0 aromatic heterocycles. The molecule has 0 N–H and O–H groups in total. The van der Waals surface area contributed by atoms with Crippen LogP contribution in [-0.4, -0.2) is 56.0 Å². The first-order valence-electron chi connectivity index (χ1n) is 7.21. The zero-order valence-corrected chi connectivity index (χ0v) is 12.5. The minimum absolute atomic E-state index is 0.154. The maximum atomic E-state index is 12.2. The number of likely N-dealkylation sites (N-methyl/N-ethyl adjacent to an activating group) is 1. The van der Waals surface area contributed by atoms with E-state index in [0.717, 1.165) is 38.6 Å². The van der Waals surface area contributed by atoms with Gasteiger partial charge in [0, 0.05) is 33.1 Å². The number of sulfonamides is 1. The molecule has 2 aliphatic rings. The third kappa shape index (κ3) is 3.92. The number of amides is 1. The largest absolute Gasteiger partial charge is 0.341 e. The monoisotopic (exact) mass is 288 g/mol. The molecule has 110 valence electrons. The van der Waals surface area contributed by atoms with Gasteiger partial charge in [-0.25, -0.2) is 12.7 Å². The van der Waals surface area contributed by atoms with Crippen molar-refractivity contribution in [3.05, 3.63) is 0 Å². The third-order valence-corrected chi connectivity index (χ3v) is 6.28. The molecule has 2 fully saturated rings. The molecule has 0 aromatic rings. The van der Waals surface area contributed by atoms with Gasteiger partial charge < -0.3 is 4.90 Å². The summed E-state index contributed by atoms with van der Waals surface area (Å²) in [6.45, 7) is 1.72. The summed E-state index contributed by atoms with van der Waals surface area (Å²) in [7, 11) is -1.53. The minimum atomic E-state index is -3.16. The first kappa shape index (κ1) is 14.8.